The summed E-state index contributed by atoms with van der Waals surface area (Å²) in [7, 11) is 0. The Bertz CT molecular complexity index is 490. The number of halogens is 1. The summed E-state index contributed by atoms with van der Waals surface area (Å²) in [5, 5.41) is 0.717. The van der Waals surface area contributed by atoms with Crippen molar-refractivity contribution in [3.8, 4) is 0 Å². The summed E-state index contributed by atoms with van der Waals surface area (Å²) in [4.78, 5) is 16.9. The smallest absolute Gasteiger partial charge is 0.227 e. The highest BCUT2D eigenvalue weighted by atomic mass is 35.5. The fraction of sp³-hybridized carbons (Fsp3) is 0.588. The number of carbonyl (C=O) groups is 1. The largest absolute Gasteiger partial charge is 0.340 e. The van der Waals surface area contributed by atoms with Crippen molar-refractivity contribution in [2.75, 3.05) is 26.2 Å². The zero-order valence-corrected chi connectivity index (χ0v) is 13.4. The van der Waals surface area contributed by atoms with Gasteiger partial charge in [0.05, 0.1) is 6.42 Å². The lowest BCUT2D eigenvalue weighted by Crippen LogP contribution is -2.52. The predicted octanol–water partition coefficient (Wildman–Crippen LogP) is 2.83. The van der Waals surface area contributed by atoms with Crippen LogP contribution in [0.25, 0.3) is 0 Å². The number of piperazine rings is 1. The molecule has 0 radical (unpaired) electrons. The summed E-state index contributed by atoms with van der Waals surface area (Å²) in [6.07, 6.45) is 3.25. The maximum atomic E-state index is 12.3. The van der Waals surface area contributed by atoms with Crippen molar-refractivity contribution >= 4 is 17.5 Å². The maximum absolute atomic E-state index is 12.3. The Morgan fingerprint density at radius 2 is 1.81 bits per heavy atom. The van der Waals surface area contributed by atoms with E-state index in [1.165, 1.54) is 12.8 Å². The van der Waals surface area contributed by atoms with Gasteiger partial charge in [-0.15, -0.1) is 0 Å². The molecular weight excluding hydrogens is 284 g/mol. The van der Waals surface area contributed by atoms with E-state index in [4.69, 9.17) is 11.6 Å². The first-order valence-corrected chi connectivity index (χ1v) is 8.27. The number of benzene rings is 1. The summed E-state index contributed by atoms with van der Waals surface area (Å²) in [6.45, 7) is 6.10. The lowest BCUT2D eigenvalue weighted by Gasteiger charge is -2.38. The first kappa shape index (κ1) is 14.9. The van der Waals surface area contributed by atoms with E-state index in [-0.39, 0.29) is 5.91 Å². The monoisotopic (exact) mass is 306 g/mol. The molecule has 3 nitrogen and oxygen atoms in total. The van der Waals surface area contributed by atoms with E-state index < -0.39 is 0 Å². The van der Waals surface area contributed by atoms with E-state index in [1.807, 2.05) is 29.2 Å². The third-order valence-corrected chi connectivity index (χ3v) is 5.07. The van der Waals surface area contributed by atoms with Crippen molar-refractivity contribution in [3.63, 3.8) is 0 Å². The molecule has 1 heterocycles. The molecule has 1 saturated carbocycles. The van der Waals surface area contributed by atoms with E-state index in [2.05, 4.69) is 11.8 Å². The molecule has 2 fully saturated rings. The SMILES string of the molecule is CC(C1CC1)N1CCN(C(=O)Cc2ccc(Cl)cc2)CC1. The topological polar surface area (TPSA) is 23.6 Å². The Balaban J connectivity index is 1.49. The molecule has 0 bridgehead atoms. The molecule has 1 unspecified atom stereocenters. The molecule has 2 aliphatic rings. The molecule has 1 aliphatic heterocycles. The van der Waals surface area contributed by atoms with Crippen LogP contribution in [0.2, 0.25) is 5.02 Å². The molecule has 1 saturated heterocycles. The van der Waals surface area contributed by atoms with Gasteiger partial charge in [0, 0.05) is 37.2 Å². The van der Waals surface area contributed by atoms with Gasteiger partial charge in [-0.05, 0) is 43.4 Å². The van der Waals surface area contributed by atoms with Crippen LogP contribution in [0.1, 0.15) is 25.3 Å². The first-order valence-electron chi connectivity index (χ1n) is 7.90. The standard InChI is InChI=1S/C17H23ClN2O/c1-13(15-4-5-15)19-8-10-20(11-9-19)17(21)12-14-2-6-16(18)7-3-14/h2-3,6-7,13,15H,4-5,8-12H2,1H3. The number of nitrogens with zero attached hydrogens (tertiary/aromatic N) is 2. The molecule has 1 aliphatic carbocycles. The Morgan fingerprint density at radius 1 is 1.19 bits per heavy atom. The summed E-state index contributed by atoms with van der Waals surface area (Å²) >= 11 is 5.87. The van der Waals surface area contributed by atoms with Gasteiger partial charge in [0.15, 0.2) is 0 Å². The summed E-state index contributed by atoms with van der Waals surface area (Å²) < 4.78 is 0. The van der Waals surface area contributed by atoms with Gasteiger partial charge in [0.1, 0.15) is 0 Å². The van der Waals surface area contributed by atoms with E-state index in [1.54, 1.807) is 0 Å². The van der Waals surface area contributed by atoms with Crippen molar-refractivity contribution in [1.82, 2.24) is 9.80 Å². The van der Waals surface area contributed by atoms with Crippen LogP contribution < -0.4 is 0 Å². The summed E-state index contributed by atoms with van der Waals surface area (Å²) in [5.74, 6) is 1.14. The number of hydrogen-bond acceptors (Lipinski definition) is 2. The minimum atomic E-state index is 0.232. The fourth-order valence-electron chi connectivity index (χ4n) is 3.14. The van der Waals surface area contributed by atoms with Gasteiger partial charge < -0.3 is 4.90 Å². The van der Waals surface area contributed by atoms with E-state index in [9.17, 15) is 4.79 Å². The van der Waals surface area contributed by atoms with Gasteiger partial charge in [-0.25, -0.2) is 0 Å². The Labute approximate surface area is 131 Å². The van der Waals surface area contributed by atoms with E-state index in [0.29, 0.717) is 17.5 Å². The van der Waals surface area contributed by atoms with Crippen LogP contribution in [0.4, 0.5) is 0 Å². The highest BCUT2D eigenvalue weighted by Gasteiger charge is 2.33. The molecule has 1 atom stereocenters. The molecule has 1 aromatic carbocycles. The molecule has 114 valence electrons. The Morgan fingerprint density at radius 3 is 2.38 bits per heavy atom. The zero-order valence-electron chi connectivity index (χ0n) is 12.6. The number of rotatable bonds is 4. The molecule has 0 spiro atoms. The molecule has 1 aromatic rings. The number of amides is 1. The van der Waals surface area contributed by atoms with Crippen molar-refractivity contribution in [1.29, 1.82) is 0 Å². The second kappa shape index (κ2) is 6.37. The van der Waals surface area contributed by atoms with Crippen LogP contribution in [0.3, 0.4) is 0 Å². The highest BCUT2D eigenvalue weighted by molar-refractivity contribution is 6.30. The van der Waals surface area contributed by atoms with Crippen LogP contribution in [-0.4, -0.2) is 47.9 Å². The van der Waals surface area contributed by atoms with E-state index >= 15 is 0 Å². The van der Waals surface area contributed by atoms with Crippen LogP contribution in [0.15, 0.2) is 24.3 Å². The van der Waals surface area contributed by atoms with Gasteiger partial charge >= 0.3 is 0 Å². The van der Waals surface area contributed by atoms with Gasteiger partial charge in [-0.2, -0.15) is 0 Å². The average Bonchev–Trinajstić information content (AvgIpc) is 3.34. The first-order chi connectivity index (χ1) is 10.1. The van der Waals surface area contributed by atoms with Gasteiger partial charge in [0.2, 0.25) is 5.91 Å². The van der Waals surface area contributed by atoms with Crippen LogP contribution in [0.5, 0.6) is 0 Å². The molecular formula is C17H23ClN2O. The average molecular weight is 307 g/mol. The van der Waals surface area contributed by atoms with Gasteiger partial charge in [0.25, 0.3) is 0 Å². The van der Waals surface area contributed by atoms with E-state index in [0.717, 1.165) is 37.7 Å². The van der Waals surface area contributed by atoms with Crippen molar-refractivity contribution < 1.29 is 4.79 Å². The second-order valence-corrected chi connectivity index (χ2v) is 6.73. The molecule has 3 rings (SSSR count). The molecule has 21 heavy (non-hydrogen) atoms. The van der Waals surface area contributed by atoms with Crippen LogP contribution in [-0.2, 0) is 11.2 Å². The Hall–Kier alpha value is -1.06. The minimum Gasteiger partial charge on any atom is -0.340 e. The summed E-state index contributed by atoms with van der Waals surface area (Å²) in [6, 6.07) is 8.26. The molecule has 4 heteroatoms. The lowest BCUT2D eigenvalue weighted by atomic mass is 10.1. The van der Waals surface area contributed by atoms with Crippen molar-refractivity contribution in [2.24, 2.45) is 5.92 Å². The quantitative estimate of drug-likeness (QED) is 0.854. The lowest BCUT2D eigenvalue weighted by molar-refractivity contribution is -0.132. The fourth-order valence-corrected chi connectivity index (χ4v) is 3.27. The normalized spacial score (nSPS) is 21.3. The number of carbonyl (C=O) groups excluding carboxylic acids is 1. The van der Waals surface area contributed by atoms with Crippen molar-refractivity contribution in [2.45, 2.75) is 32.2 Å². The van der Waals surface area contributed by atoms with Crippen molar-refractivity contribution in [3.05, 3.63) is 34.9 Å². The highest BCUT2D eigenvalue weighted by Crippen LogP contribution is 2.35. The third kappa shape index (κ3) is 3.78. The second-order valence-electron chi connectivity index (χ2n) is 6.30. The molecule has 0 aromatic heterocycles. The van der Waals surface area contributed by atoms with Crippen LogP contribution >= 0.6 is 11.6 Å². The molecule has 1 amide bonds. The van der Waals surface area contributed by atoms with Gasteiger partial charge in [-0.1, -0.05) is 23.7 Å². The summed E-state index contributed by atoms with van der Waals surface area (Å²) in [5.41, 5.74) is 1.04. The Kier molecular flexibility index (Phi) is 4.51. The predicted molar refractivity (Wildman–Crippen MR) is 85.5 cm³/mol. The molecule has 0 N–H and O–H groups in total. The number of hydrogen-bond donors (Lipinski definition) is 0. The third-order valence-electron chi connectivity index (χ3n) is 4.82. The minimum absolute atomic E-state index is 0.232. The maximum Gasteiger partial charge on any atom is 0.227 e. The van der Waals surface area contributed by atoms with Gasteiger partial charge in [-0.3, -0.25) is 9.69 Å². The van der Waals surface area contributed by atoms with Crippen LogP contribution in [0, 0.1) is 5.92 Å². The zero-order chi connectivity index (χ0) is 14.8.